The van der Waals surface area contributed by atoms with E-state index in [9.17, 15) is 4.79 Å². The Hall–Kier alpha value is -1.35. The van der Waals surface area contributed by atoms with E-state index in [2.05, 4.69) is 6.92 Å². The molecule has 0 spiro atoms. The monoisotopic (exact) mass is 236 g/mol. The summed E-state index contributed by atoms with van der Waals surface area (Å²) in [6.07, 6.45) is 0.566. The predicted octanol–water partition coefficient (Wildman–Crippen LogP) is 2.67. The molecule has 0 saturated carbocycles. The summed E-state index contributed by atoms with van der Waals surface area (Å²) in [7, 11) is 0. The predicted molar refractivity (Wildman–Crippen MR) is 67.2 cm³/mol. The normalized spacial score (nSPS) is 12.7. The molecule has 1 aromatic rings. The lowest BCUT2D eigenvalue weighted by Gasteiger charge is -2.16. The maximum absolute atomic E-state index is 11.0. The molecule has 0 unspecified atom stereocenters. The number of aliphatic carboxylic acids is 1. The van der Waals surface area contributed by atoms with Crippen LogP contribution < -0.4 is 0 Å². The summed E-state index contributed by atoms with van der Waals surface area (Å²) >= 11 is 0. The molecule has 0 aliphatic rings. The first-order chi connectivity index (χ1) is 8.02. The lowest BCUT2D eigenvalue weighted by atomic mass is 10.0. The van der Waals surface area contributed by atoms with E-state index in [1.165, 1.54) is 5.56 Å². The van der Waals surface area contributed by atoms with Crippen molar-refractivity contribution in [1.82, 2.24) is 0 Å². The molecule has 94 valence electrons. The van der Waals surface area contributed by atoms with Crippen LogP contribution >= 0.6 is 0 Å². The van der Waals surface area contributed by atoms with Gasteiger partial charge >= 0.3 is 5.97 Å². The number of hydrogen-bond donors (Lipinski definition) is 1. The minimum atomic E-state index is -0.904. The van der Waals surface area contributed by atoms with Crippen LogP contribution in [0.3, 0.4) is 0 Å². The van der Waals surface area contributed by atoms with Crippen LogP contribution in [-0.2, 0) is 22.4 Å². The van der Waals surface area contributed by atoms with Gasteiger partial charge in [-0.2, -0.15) is 0 Å². The zero-order valence-corrected chi connectivity index (χ0v) is 10.6. The largest absolute Gasteiger partial charge is 0.479 e. The van der Waals surface area contributed by atoms with Gasteiger partial charge in [0, 0.05) is 6.42 Å². The molecule has 0 heterocycles. The molecular weight excluding hydrogens is 216 g/mol. The number of carboxylic acid groups (broad SMARTS) is 1. The van der Waals surface area contributed by atoms with Gasteiger partial charge < -0.3 is 9.84 Å². The Kier molecular flexibility index (Phi) is 5.16. The maximum atomic E-state index is 11.0. The van der Waals surface area contributed by atoms with Crippen LogP contribution in [0.15, 0.2) is 24.3 Å². The van der Waals surface area contributed by atoms with Crippen LogP contribution in [-0.4, -0.2) is 23.3 Å². The summed E-state index contributed by atoms with van der Waals surface area (Å²) in [4.78, 5) is 11.0. The number of rotatable bonds is 6. The average molecular weight is 236 g/mol. The fraction of sp³-hybridized carbons (Fsp3) is 0.500. The topological polar surface area (TPSA) is 46.5 Å². The number of hydrogen-bond acceptors (Lipinski definition) is 2. The summed E-state index contributed by atoms with van der Waals surface area (Å²) in [6.45, 7) is 5.78. The molecule has 0 bridgehead atoms. The summed E-state index contributed by atoms with van der Waals surface area (Å²) in [6, 6.07) is 8.00. The highest BCUT2D eigenvalue weighted by molar-refractivity contribution is 5.72. The van der Waals surface area contributed by atoms with Gasteiger partial charge in [0.05, 0.1) is 6.10 Å². The van der Waals surface area contributed by atoms with Crippen LogP contribution in [0.2, 0.25) is 0 Å². The first-order valence-corrected chi connectivity index (χ1v) is 5.99. The zero-order chi connectivity index (χ0) is 12.8. The standard InChI is InChI=1S/C14H20O3/c1-4-11-5-7-12(8-6-11)9-13(14(15)16)17-10(2)3/h5-8,10,13H,4,9H2,1-3H3,(H,15,16)/t13-/m1/s1. The van der Waals surface area contributed by atoms with Crippen LogP contribution in [0.1, 0.15) is 31.9 Å². The molecule has 3 nitrogen and oxygen atoms in total. The number of aryl methyl sites for hydroxylation is 1. The number of carboxylic acids is 1. The lowest BCUT2D eigenvalue weighted by molar-refractivity contribution is -0.153. The quantitative estimate of drug-likeness (QED) is 0.826. The molecule has 0 aliphatic carbocycles. The second kappa shape index (κ2) is 6.40. The first-order valence-electron chi connectivity index (χ1n) is 5.99. The van der Waals surface area contributed by atoms with Gasteiger partial charge in [0.15, 0.2) is 6.10 Å². The van der Waals surface area contributed by atoms with Gasteiger partial charge in [-0.05, 0) is 31.4 Å². The highest BCUT2D eigenvalue weighted by Gasteiger charge is 2.19. The Bertz CT molecular complexity index is 354. The van der Waals surface area contributed by atoms with Crippen LogP contribution in [0.5, 0.6) is 0 Å². The van der Waals surface area contributed by atoms with Crippen LogP contribution in [0, 0.1) is 0 Å². The van der Waals surface area contributed by atoms with Crippen LogP contribution in [0.4, 0.5) is 0 Å². The second-order valence-corrected chi connectivity index (χ2v) is 4.39. The maximum Gasteiger partial charge on any atom is 0.333 e. The van der Waals surface area contributed by atoms with E-state index in [1.807, 2.05) is 38.1 Å². The van der Waals surface area contributed by atoms with Gasteiger partial charge in [0.2, 0.25) is 0 Å². The van der Waals surface area contributed by atoms with Crippen molar-refractivity contribution in [3.63, 3.8) is 0 Å². The molecule has 0 aliphatic heterocycles. The Morgan fingerprint density at radius 1 is 1.24 bits per heavy atom. The van der Waals surface area contributed by atoms with Crippen molar-refractivity contribution in [2.75, 3.05) is 0 Å². The molecule has 1 atom stereocenters. The van der Waals surface area contributed by atoms with Gasteiger partial charge in [-0.15, -0.1) is 0 Å². The molecule has 1 rings (SSSR count). The van der Waals surface area contributed by atoms with E-state index in [-0.39, 0.29) is 6.10 Å². The van der Waals surface area contributed by atoms with Gasteiger partial charge in [-0.3, -0.25) is 0 Å². The van der Waals surface area contributed by atoms with E-state index in [1.54, 1.807) is 0 Å². The minimum Gasteiger partial charge on any atom is -0.479 e. The average Bonchev–Trinajstić information content (AvgIpc) is 2.28. The highest BCUT2D eigenvalue weighted by Crippen LogP contribution is 2.11. The SMILES string of the molecule is CCc1ccc(C[C@@H](OC(C)C)C(=O)O)cc1. The molecule has 0 aromatic heterocycles. The van der Waals surface area contributed by atoms with E-state index in [0.29, 0.717) is 6.42 Å². The summed E-state index contributed by atoms with van der Waals surface area (Å²) in [5, 5.41) is 9.06. The minimum absolute atomic E-state index is 0.0778. The molecule has 0 amide bonds. The van der Waals surface area contributed by atoms with Gasteiger partial charge in [0.1, 0.15) is 0 Å². The zero-order valence-electron chi connectivity index (χ0n) is 10.6. The number of ether oxygens (including phenoxy) is 1. The fourth-order valence-corrected chi connectivity index (χ4v) is 1.65. The van der Waals surface area contributed by atoms with Gasteiger partial charge in [-0.25, -0.2) is 4.79 Å². The lowest BCUT2D eigenvalue weighted by Crippen LogP contribution is -2.29. The number of carbonyl (C=O) groups is 1. The molecule has 0 fully saturated rings. The third-order valence-corrected chi connectivity index (χ3v) is 2.56. The fourth-order valence-electron chi connectivity index (χ4n) is 1.65. The molecule has 1 aromatic carbocycles. The Morgan fingerprint density at radius 3 is 2.18 bits per heavy atom. The highest BCUT2D eigenvalue weighted by atomic mass is 16.5. The van der Waals surface area contributed by atoms with Crippen LogP contribution in [0.25, 0.3) is 0 Å². The Labute approximate surface area is 102 Å². The Balaban J connectivity index is 2.68. The first kappa shape index (κ1) is 13.7. The molecule has 1 N–H and O–H groups in total. The van der Waals surface area contributed by atoms with E-state index in [4.69, 9.17) is 9.84 Å². The van der Waals surface area contributed by atoms with Crippen molar-refractivity contribution in [2.45, 2.75) is 45.8 Å². The molecule has 0 saturated heterocycles. The Morgan fingerprint density at radius 2 is 1.76 bits per heavy atom. The van der Waals surface area contributed by atoms with Crippen molar-refractivity contribution in [2.24, 2.45) is 0 Å². The second-order valence-electron chi connectivity index (χ2n) is 4.39. The van der Waals surface area contributed by atoms with Gasteiger partial charge in [0.25, 0.3) is 0 Å². The van der Waals surface area contributed by atoms with Crippen molar-refractivity contribution < 1.29 is 14.6 Å². The third-order valence-electron chi connectivity index (χ3n) is 2.56. The number of benzene rings is 1. The summed E-state index contributed by atoms with van der Waals surface area (Å²) < 4.78 is 5.37. The third kappa shape index (κ3) is 4.57. The molecule has 17 heavy (non-hydrogen) atoms. The summed E-state index contributed by atoms with van der Waals surface area (Å²) in [5.74, 6) is -0.904. The smallest absolute Gasteiger partial charge is 0.333 e. The molecular formula is C14H20O3. The van der Waals surface area contributed by atoms with E-state index >= 15 is 0 Å². The van der Waals surface area contributed by atoms with Crippen molar-refractivity contribution >= 4 is 5.97 Å². The molecule has 3 heteroatoms. The van der Waals surface area contributed by atoms with E-state index < -0.39 is 12.1 Å². The van der Waals surface area contributed by atoms with Crippen molar-refractivity contribution in [3.05, 3.63) is 35.4 Å². The van der Waals surface area contributed by atoms with Crippen molar-refractivity contribution in [1.29, 1.82) is 0 Å². The molecule has 0 radical (unpaired) electrons. The summed E-state index contributed by atoms with van der Waals surface area (Å²) in [5.41, 5.74) is 2.25. The van der Waals surface area contributed by atoms with E-state index in [0.717, 1.165) is 12.0 Å². The van der Waals surface area contributed by atoms with Crippen molar-refractivity contribution in [3.8, 4) is 0 Å². The van der Waals surface area contributed by atoms with Gasteiger partial charge in [-0.1, -0.05) is 31.2 Å².